The Labute approximate surface area is 146 Å². The summed E-state index contributed by atoms with van der Waals surface area (Å²) in [4.78, 5) is 20.7. The molecular weight excluding hydrogens is 328 g/mol. The van der Waals surface area contributed by atoms with Gasteiger partial charge < -0.3 is 9.42 Å². The van der Waals surface area contributed by atoms with Crippen LogP contribution in [0.15, 0.2) is 28.8 Å². The molecule has 1 aromatic carbocycles. The van der Waals surface area contributed by atoms with Crippen LogP contribution in [0, 0.1) is 6.92 Å². The number of amides is 1. The molecule has 0 aliphatic carbocycles. The summed E-state index contributed by atoms with van der Waals surface area (Å²) in [6.45, 7) is 5.62. The minimum atomic E-state index is 0.208. The average molecular weight is 349 g/mol. The Bertz CT molecular complexity index is 678. The van der Waals surface area contributed by atoms with Crippen molar-refractivity contribution in [3.05, 3.63) is 46.6 Å². The minimum Gasteiger partial charge on any atom is -0.340 e. The van der Waals surface area contributed by atoms with E-state index in [4.69, 9.17) is 16.1 Å². The maximum atomic E-state index is 12.3. The summed E-state index contributed by atoms with van der Waals surface area (Å²) in [5.74, 6) is 1.50. The van der Waals surface area contributed by atoms with Crippen LogP contribution in [0.4, 0.5) is 0 Å². The van der Waals surface area contributed by atoms with Crippen LogP contribution in [-0.4, -0.2) is 52.0 Å². The van der Waals surface area contributed by atoms with E-state index in [1.54, 1.807) is 6.92 Å². The van der Waals surface area contributed by atoms with Gasteiger partial charge in [-0.1, -0.05) is 28.9 Å². The summed E-state index contributed by atoms with van der Waals surface area (Å²) in [6, 6.07) is 7.67. The van der Waals surface area contributed by atoms with E-state index in [0.29, 0.717) is 24.7 Å². The van der Waals surface area contributed by atoms with Gasteiger partial charge in [0.05, 0.1) is 6.54 Å². The molecule has 2 heterocycles. The Morgan fingerprint density at radius 3 is 2.54 bits per heavy atom. The van der Waals surface area contributed by atoms with Crippen molar-refractivity contribution in [3.8, 4) is 0 Å². The minimum absolute atomic E-state index is 0.208. The first-order chi connectivity index (χ1) is 11.6. The molecule has 7 heteroatoms. The van der Waals surface area contributed by atoms with Gasteiger partial charge in [0.25, 0.3) is 0 Å². The molecule has 1 aliphatic rings. The van der Waals surface area contributed by atoms with E-state index in [1.807, 2.05) is 29.2 Å². The van der Waals surface area contributed by atoms with Gasteiger partial charge in [-0.2, -0.15) is 4.98 Å². The smallest absolute Gasteiger partial charge is 0.223 e. The second kappa shape index (κ2) is 7.77. The van der Waals surface area contributed by atoms with Gasteiger partial charge in [-0.25, -0.2) is 0 Å². The highest BCUT2D eigenvalue weighted by Gasteiger charge is 2.21. The summed E-state index contributed by atoms with van der Waals surface area (Å²) < 4.78 is 4.99. The fourth-order valence-corrected chi connectivity index (χ4v) is 2.95. The van der Waals surface area contributed by atoms with Crippen LogP contribution in [0.1, 0.15) is 23.7 Å². The molecule has 1 saturated heterocycles. The zero-order valence-corrected chi connectivity index (χ0v) is 14.5. The van der Waals surface area contributed by atoms with E-state index in [9.17, 15) is 4.79 Å². The van der Waals surface area contributed by atoms with Gasteiger partial charge in [-0.3, -0.25) is 9.69 Å². The number of hydrogen-bond acceptors (Lipinski definition) is 5. The Kier molecular flexibility index (Phi) is 5.48. The van der Waals surface area contributed by atoms with Gasteiger partial charge in [0.15, 0.2) is 5.82 Å². The van der Waals surface area contributed by atoms with Crippen molar-refractivity contribution in [2.24, 2.45) is 0 Å². The van der Waals surface area contributed by atoms with Gasteiger partial charge >= 0.3 is 0 Å². The Morgan fingerprint density at radius 2 is 1.92 bits per heavy atom. The summed E-state index contributed by atoms with van der Waals surface area (Å²) in [5.41, 5.74) is 1.14. The number of nitrogens with zero attached hydrogens (tertiary/aromatic N) is 4. The highest BCUT2D eigenvalue weighted by Crippen LogP contribution is 2.13. The van der Waals surface area contributed by atoms with E-state index >= 15 is 0 Å². The van der Waals surface area contributed by atoms with Crippen molar-refractivity contribution in [2.45, 2.75) is 26.3 Å². The monoisotopic (exact) mass is 348 g/mol. The van der Waals surface area contributed by atoms with Crippen molar-refractivity contribution in [3.63, 3.8) is 0 Å². The van der Waals surface area contributed by atoms with Crippen molar-refractivity contribution in [2.75, 3.05) is 26.2 Å². The number of piperazine rings is 1. The lowest BCUT2D eigenvalue weighted by Gasteiger charge is -2.34. The van der Waals surface area contributed by atoms with Gasteiger partial charge in [0.1, 0.15) is 0 Å². The highest BCUT2D eigenvalue weighted by molar-refractivity contribution is 6.30. The molecule has 128 valence electrons. The van der Waals surface area contributed by atoms with E-state index in [1.165, 1.54) is 0 Å². The SMILES string of the molecule is Cc1nc(CN2CCN(C(=O)CCc3ccc(Cl)cc3)CC2)no1. The molecule has 0 N–H and O–H groups in total. The first-order valence-electron chi connectivity index (χ1n) is 8.14. The van der Waals surface area contributed by atoms with Crippen LogP contribution in [0.2, 0.25) is 5.02 Å². The number of benzene rings is 1. The van der Waals surface area contributed by atoms with Crippen molar-refractivity contribution in [1.29, 1.82) is 0 Å². The third kappa shape index (κ3) is 4.55. The van der Waals surface area contributed by atoms with Crippen LogP contribution in [0.3, 0.4) is 0 Å². The maximum Gasteiger partial charge on any atom is 0.223 e. The molecule has 1 amide bonds. The number of carbonyl (C=O) groups is 1. The molecule has 3 rings (SSSR count). The number of aromatic nitrogens is 2. The Morgan fingerprint density at radius 1 is 1.21 bits per heavy atom. The molecule has 0 radical (unpaired) electrons. The second-order valence-corrected chi connectivity index (χ2v) is 6.45. The zero-order chi connectivity index (χ0) is 16.9. The predicted octanol–water partition coefficient (Wildman–Crippen LogP) is 2.31. The van der Waals surface area contributed by atoms with Gasteiger partial charge in [-0.05, 0) is 24.1 Å². The molecule has 6 nitrogen and oxygen atoms in total. The molecule has 24 heavy (non-hydrogen) atoms. The third-order valence-corrected chi connectivity index (χ3v) is 4.45. The van der Waals surface area contributed by atoms with Crippen LogP contribution >= 0.6 is 11.6 Å². The summed E-state index contributed by atoms with van der Waals surface area (Å²) >= 11 is 5.87. The molecule has 0 atom stereocenters. The molecule has 0 unspecified atom stereocenters. The van der Waals surface area contributed by atoms with Gasteiger partial charge in [0, 0.05) is 44.5 Å². The summed E-state index contributed by atoms with van der Waals surface area (Å²) in [7, 11) is 0. The van der Waals surface area contributed by atoms with Gasteiger partial charge in [-0.15, -0.1) is 0 Å². The first-order valence-corrected chi connectivity index (χ1v) is 8.52. The van der Waals surface area contributed by atoms with Crippen LogP contribution in [0.25, 0.3) is 0 Å². The predicted molar refractivity (Wildman–Crippen MR) is 90.7 cm³/mol. The number of rotatable bonds is 5. The van der Waals surface area contributed by atoms with E-state index in [0.717, 1.165) is 43.2 Å². The first kappa shape index (κ1) is 16.9. The van der Waals surface area contributed by atoms with Gasteiger partial charge in [0.2, 0.25) is 11.8 Å². The number of halogens is 1. The largest absolute Gasteiger partial charge is 0.340 e. The molecular formula is C17H21ClN4O2. The van der Waals surface area contributed by atoms with Crippen LogP contribution in [0.5, 0.6) is 0 Å². The zero-order valence-electron chi connectivity index (χ0n) is 13.7. The molecule has 1 fully saturated rings. The summed E-state index contributed by atoms with van der Waals surface area (Å²) in [6.07, 6.45) is 1.28. The van der Waals surface area contributed by atoms with E-state index in [-0.39, 0.29) is 5.91 Å². The van der Waals surface area contributed by atoms with E-state index < -0.39 is 0 Å². The topological polar surface area (TPSA) is 62.5 Å². The quantitative estimate of drug-likeness (QED) is 0.829. The summed E-state index contributed by atoms with van der Waals surface area (Å²) in [5, 5.41) is 4.64. The van der Waals surface area contributed by atoms with Crippen molar-refractivity contribution < 1.29 is 9.32 Å². The van der Waals surface area contributed by atoms with Crippen molar-refractivity contribution >= 4 is 17.5 Å². The third-order valence-electron chi connectivity index (χ3n) is 4.20. The number of hydrogen-bond donors (Lipinski definition) is 0. The van der Waals surface area contributed by atoms with Crippen LogP contribution in [-0.2, 0) is 17.8 Å². The van der Waals surface area contributed by atoms with E-state index in [2.05, 4.69) is 15.0 Å². The fraction of sp³-hybridized carbons (Fsp3) is 0.471. The van der Waals surface area contributed by atoms with Crippen molar-refractivity contribution in [1.82, 2.24) is 19.9 Å². The lowest BCUT2D eigenvalue weighted by molar-refractivity contribution is -0.133. The average Bonchev–Trinajstić information content (AvgIpc) is 2.99. The highest BCUT2D eigenvalue weighted by atomic mass is 35.5. The molecule has 0 saturated carbocycles. The lowest BCUT2D eigenvalue weighted by Crippen LogP contribution is -2.48. The molecule has 0 spiro atoms. The standard InChI is InChI=1S/C17H21ClN4O2/c1-13-19-16(20-24-13)12-21-8-10-22(11-9-21)17(23)7-4-14-2-5-15(18)6-3-14/h2-3,5-6H,4,7-12H2,1H3. The Balaban J connectivity index is 1.42. The second-order valence-electron chi connectivity index (χ2n) is 6.01. The van der Waals surface area contributed by atoms with Crippen LogP contribution < -0.4 is 0 Å². The number of aryl methyl sites for hydroxylation is 2. The maximum absolute atomic E-state index is 12.3. The Hall–Kier alpha value is -1.92. The molecule has 1 aromatic heterocycles. The lowest BCUT2D eigenvalue weighted by atomic mass is 10.1. The molecule has 1 aliphatic heterocycles. The number of carbonyl (C=O) groups excluding carboxylic acids is 1. The molecule has 0 bridgehead atoms. The molecule has 2 aromatic rings. The fourth-order valence-electron chi connectivity index (χ4n) is 2.82. The normalized spacial score (nSPS) is 15.7.